The summed E-state index contributed by atoms with van der Waals surface area (Å²) in [6.45, 7) is 0.0643. The van der Waals surface area contributed by atoms with Crippen LogP contribution in [-0.2, 0) is 4.74 Å². The highest BCUT2D eigenvalue weighted by Gasteiger charge is 2.18. The number of amides is 1. The second-order valence-corrected chi connectivity index (χ2v) is 5.49. The van der Waals surface area contributed by atoms with Gasteiger partial charge in [0.25, 0.3) is 5.91 Å². The molecular weight excluding hydrogens is 341 g/mol. The van der Waals surface area contributed by atoms with Crippen molar-refractivity contribution in [1.82, 2.24) is 5.32 Å². The van der Waals surface area contributed by atoms with Crippen molar-refractivity contribution in [3.8, 4) is 22.8 Å². The van der Waals surface area contributed by atoms with E-state index in [1.54, 1.807) is 24.3 Å². The van der Waals surface area contributed by atoms with E-state index >= 15 is 0 Å². The number of furan rings is 1. The van der Waals surface area contributed by atoms with Gasteiger partial charge in [-0.2, -0.15) is 0 Å². The lowest BCUT2D eigenvalue weighted by Gasteiger charge is -2.07. The first-order valence-corrected chi connectivity index (χ1v) is 7.80. The van der Waals surface area contributed by atoms with Gasteiger partial charge in [0.15, 0.2) is 11.6 Å². The topological polar surface area (TPSA) is 69.9 Å². The Bertz CT molecular complexity index is 950. The Hall–Kier alpha value is -3.06. The number of rotatable bonds is 6. The van der Waals surface area contributed by atoms with Gasteiger partial charge in [-0.15, -0.1) is 0 Å². The largest absolute Gasteiger partial charge is 0.497 e. The highest BCUT2D eigenvalue weighted by atomic mass is 19.1. The van der Waals surface area contributed by atoms with Crippen molar-refractivity contribution in [2.24, 2.45) is 0 Å². The Morgan fingerprint density at radius 2 is 1.92 bits per heavy atom. The molecule has 7 heteroatoms. The van der Waals surface area contributed by atoms with Crippen LogP contribution in [0.15, 0.2) is 40.8 Å². The number of benzene rings is 2. The minimum absolute atomic E-state index is 0.0643. The molecular formula is C19H18FNO5. The second kappa shape index (κ2) is 7.45. The molecule has 0 atom stereocenters. The molecule has 1 aromatic heterocycles. The predicted molar refractivity (Wildman–Crippen MR) is 94.1 cm³/mol. The van der Waals surface area contributed by atoms with Crippen molar-refractivity contribution >= 4 is 16.9 Å². The third-order valence-corrected chi connectivity index (χ3v) is 3.88. The molecule has 1 amide bonds. The molecule has 0 aliphatic rings. The van der Waals surface area contributed by atoms with Crippen LogP contribution < -0.4 is 14.8 Å². The van der Waals surface area contributed by atoms with Gasteiger partial charge < -0.3 is 23.9 Å². The number of methoxy groups -OCH3 is 3. The quantitative estimate of drug-likeness (QED) is 0.681. The van der Waals surface area contributed by atoms with E-state index in [0.29, 0.717) is 33.6 Å². The van der Waals surface area contributed by atoms with Crippen LogP contribution in [0, 0.1) is 5.82 Å². The van der Waals surface area contributed by atoms with E-state index in [1.807, 2.05) is 0 Å². The van der Waals surface area contributed by atoms with Crippen LogP contribution in [0.25, 0.3) is 22.3 Å². The summed E-state index contributed by atoms with van der Waals surface area (Å²) in [5, 5.41) is 3.28. The van der Waals surface area contributed by atoms with Crippen LogP contribution in [-0.4, -0.2) is 34.0 Å². The standard InChI is InChI=1S/C19H18FNO5/c1-23-10-21-19(22)14-9-13(24-2)6-12-8-17(26-18(12)14)11-4-5-16(25-3)15(20)7-11/h4-9H,10H2,1-3H3,(H,21,22). The molecule has 3 rings (SSSR count). The van der Waals surface area contributed by atoms with Crippen LogP contribution in [0.3, 0.4) is 0 Å². The number of carbonyl (C=O) groups is 1. The molecule has 0 saturated carbocycles. The third kappa shape index (κ3) is 3.34. The summed E-state index contributed by atoms with van der Waals surface area (Å²) in [6, 6.07) is 9.57. The molecule has 0 aliphatic carbocycles. The molecule has 1 N–H and O–H groups in total. The maximum atomic E-state index is 14.0. The third-order valence-electron chi connectivity index (χ3n) is 3.88. The van der Waals surface area contributed by atoms with Gasteiger partial charge in [0.2, 0.25) is 0 Å². The summed E-state index contributed by atoms with van der Waals surface area (Å²) in [4.78, 5) is 12.4. The maximum absolute atomic E-state index is 14.0. The second-order valence-electron chi connectivity index (χ2n) is 5.49. The van der Waals surface area contributed by atoms with Gasteiger partial charge in [-0.1, -0.05) is 0 Å². The SMILES string of the molecule is COCNC(=O)c1cc(OC)cc2cc(-c3ccc(OC)c(F)c3)oc12. The fraction of sp³-hybridized carbons (Fsp3) is 0.211. The first-order valence-electron chi connectivity index (χ1n) is 7.80. The van der Waals surface area contributed by atoms with Gasteiger partial charge in [0.05, 0.1) is 19.8 Å². The average Bonchev–Trinajstić information content (AvgIpc) is 3.09. The summed E-state index contributed by atoms with van der Waals surface area (Å²) in [5.41, 5.74) is 1.21. The highest BCUT2D eigenvalue weighted by Crippen LogP contribution is 2.34. The molecule has 0 spiro atoms. The fourth-order valence-corrected chi connectivity index (χ4v) is 2.61. The van der Waals surface area contributed by atoms with E-state index in [0.717, 1.165) is 0 Å². The van der Waals surface area contributed by atoms with Crippen molar-refractivity contribution in [2.75, 3.05) is 28.1 Å². The molecule has 136 valence electrons. The lowest BCUT2D eigenvalue weighted by molar-refractivity contribution is 0.0872. The lowest BCUT2D eigenvalue weighted by Crippen LogP contribution is -2.25. The van der Waals surface area contributed by atoms with Crippen molar-refractivity contribution < 1.29 is 27.8 Å². The van der Waals surface area contributed by atoms with Gasteiger partial charge in [-0.3, -0.25) is 4.79 Å². The van der Waals surface area contributed by atoms with Gasteiger partial charge >= 0.3 is 0 Å². The summed E-state index contributed by atoms with van der Waals surface area (Å²) >= 11 is 0. The van der Waals surface area contributed by atoms with E-state index in [4.69, 9.17) is 18.6 Å². The van der Waals surface area contributed by atoms with Crippen molar-refractivity contribution in [1.29, 1.82) is 0 Å². The number of hydrogen-bond donors (Lipinski definition) is 1. The normalized spacial score (nSPS) is 10.8. The van der Waals surface area contributed by atoms with E-state index in [1.165, 1.54) is 33.5 Å². The van der Waals surface area contributed by atoms with E-state index < -0.39 is 5.82 Å². The minimum atomic E-state index is -0.499. The first kappa shape index (κ1) is 17.8. The summed E-state index contributed by atoms with van der Waals surface area (Å²) in [5.74, 6) is 0.216. The van der Waals surface area contributed by atoms with Crippen LogP contribution in [0.2, 0.25) is 0 Å². The number of halogens is 1. The maximum Gasteiger partial charge on any atom is 0.257 e. The van der Waals surface area contributed by atoms with Gasteiger partial charge in [0, 0.05) is 18.1 Å². The first-order chi connectivity index (χ1) is 12.6. The summed E-state index contributed by atoms with van der Waals surface area (Å²) in [6.07, 6.45) is 0. The fourth-order valence-electron chi connectivity index (χ4n) is 2.61. The predicted octanol–water partition coefficient (Wildman–Crippen LogP) is 3.59. The molecule has 0 bridgehead atoms. The molecule has 26 heavy (non-hydrogen) atoms. The molecule has 0 radical (unpaired) electrons. The van der Waals surface area contributed by atoms with Crippen molar-refractivity contribution in [2.45, 2.75) is 0 Å². The Kier molecular flexibility index (Phi) is 5.09. The molecule has 6 nitrogen and oxygen atoms in total. The van der Waals surface area contributed by atoms with Gasteiger partial charge in [-0.05, 0) is 36.4 Å². The molecule has 0 aliphatic heterocycles. The van der Waals surface area contributed by atoms with Crippen LogP contribution >= 0.6 is 0 Å². The smallest absolute Gasteiger partial charge is 0.257 e. The van der Waals surface area contributed by atoms with E-state index in [2.05, 4.69) is 5.32 Å². The van der Waals surface area contributed by atoms with Crippen LogP contribution in [0.1, 0.15) is 10.4 Å². The molecule has 0 unspecified atom stereocenters. The number of carbonyl (C=O) groups excluding carboxylic acids is 1. The van der Waals surface area contributed by atoms with Crippen molar-refractivity contribution in [3.63, 3.8) is 0 Å². The number of hydrogen-bond acceptors (Lipinski definition) is 5. The molecule has 2 aromatic carbocycles. The monoisotopic (exact) mass is 359 g/mol. The zero-order valence-corrected chi connectivity index (χ0v) is 14.6. The van der Waals surface area contributed by atoms with E-state index in [9.17, 15) is 9.18 Å². The molecule has 0 fully saturated rings. The zero-order chi connectivity index (χ0) is 18.7. The minimum Gasteiger partial charge on any atom is -0.497 e. The Labute approximate surface area is 149 Å². The average molecular weight is 359 g/mol. The number of nitrogens with one attached hydrogen (secondary N) is 1. The van der Waals surface area contributed by atoms with Crippen LogP contribution in [0.5, 0.6) is 11.5 Å². The molecule has 3 aromatic rings. The summed E-state index contributed by atoms with van der Waals surface area (Å²) in [7, 11) is 4.39. The van der Waals surface area contributed by atoms with Gasteiger partial charge in [0.1, 0.15) is 23.8 Å². The molecule has 1 heterocycles. The molecule has 0 saturated heterocycles. The Morgan fingerprint density at radius 3 is 2.58 bits per heavy atom. The van der Waals surface area contributed by atoms with E-state index in [-0.39, 0.29) is 18.4 Å². The Morgan fingerprint density at radius 1 is 1.12 bits per heavy atom. The lowest BCUT2D eigenvalue weighted by atomic mass is 10.1. The summed E-state index contributed by atoms with van der Waals surface area (Å²) < 4.78 is 34.9. The highest BCUT2D eigenvalue weighted by molar-refractivity contribution is 6.06. The van der Waals surface area contributed by atoms with Crippen molar-refractivity contribution in [3.05, 3.63) is 47.8 Å². The van der Waals surface area contributed by atoms with Gasteiger partial charge in [-0.25, -0.2) is 4.39 Å². The van der Waals surface area contributed by atoms with Crippen LogP contribution in [0.4, 0.5) is 4.39 Å². The number of fused-ring (bicyclic) bond motifs is 1. The number of ether oxygens (including phenoxy) is 3. The Balaban J connectivity index is 2.09. The zero-order valence-electron chi connectivity index (χ0n) is 14.6.